The minimum absolute atomic E-state index is 0.350. The topological polar surface area (TPSA) is 38.0 Å². The molecule has 1 aliphatic carbocycles. The maximum atomic E-state index is 5.68. The van der Waals surface area contributed by atoms with Crippen molar-refractivity contribution in [3.05, 3.63) is 19.9 Å². The highest BCUT2D eigenvalue weighted by Gasteiger charge is 2.20. The summed E-state index contributed by atoms with van der Waals surface area (Å²) < 4.78 is 1.34. The number of nitrogens with one attached hydrogen (secondary N) is 1. The van der Waals surface area contributed by atoms with Gasteiger partial charge in [-0.3, -0.25) is 11.3 Å². The molecule has 1 atom stereocenters. The third-order valence-corrected chi connectivity index (χ3v) is 5.29. The van der Waals surface area contributed by atoms with Crippen molar-refractivity contribution in [2.45, 2.75) is 44.6 Å². The van der Waals surface area contributed by atoms with E-state index in [-0.39, 0.29) is 0 Å². The standard InChI is InChI=1S/C12H19IN2S/c13-12-7-10(8-16-12)11(15-14)6-9-4-2-1-3-5-9/h7-9,11,15H,1-6,14H2. The monoisotopic (exact) mass is 350 g/mol. The SMILES string of the molecule is NNC(CC1CCCCC1)c1csc(I)c1. The Morgan fingerprint density at radius 2 is 2.19 bits per heavy atom. The Morgan fingerprint density at radius 3 is 2.75 bits per heavy atom. The predicted molar refractivity (Wildman–Crippen MR) is 78.3 cm³/mol. The molecule has 1 aromatic heterocycles. The van der Waals surface area contributed by atoms with Gasteiger partial charge in [-0.1, -0.05) is 32.1 Å². The average molecular weight is 350 g/mol. The van der Waals surface area contributed by atoms with Gasteiger partial charge in [-0.05, 0) is 51.9 Å². The summed E-state index contributed by atoms with van der Waals surface area (Å²) in [4.78, 5) is 0. The highest BCUT2D eigenvalue weighted by molar-refractivity contribution is 14.1. The second kappa shape index (κ2) is 6.33. The van der Waals surface area contributed by atoms with E-state index in [0.29, 0.717) is 6.04 Å². The summed E-state index contributed by atoms with van der Waals surface area (Å²) in [6, 6.07) is 2.60. The molecule has 1 heterocycles. The lowest BCUT2D eigenvalue weighted by atomic mass is 9.84. The van der Waals surface area contributed by atoms with Crippen LogP contribution in [0, 0.1) is 8.80 Å². The van der Waals surface area contributed by atoms with Crippen molar-refractivity contribution in [1.29, 1.82) is 0 Å². The lowest BCUT2D eigenvalue weighted by Crippen LogP contribution is -2.29. The van der Waals surface area contributed by atoms with Gasteiger partial charge in [-0.2, -0.15) is 0 Å². The van der Waals surface area contributed by atoms with E-state index < -0.39 is 0 Å². The molecule has 0 saturated heterocycles. The number of halogens is 1. The van der Waals surface area contributed by atoms with Crippen LogP contribution in [0.5, 0.6) is 0 Å². The quantitative estimate of drug-likeness (QED) is 0.492. The molecule has 16 heavy (non-hydrogen) atoms. The van der Waals surface area contributed by atoms with E-state index >= 15 is 0 Å². The molecule has 90 valence electrons. The smallest absolute Gasteiger partial charge is 0.0656 e. The molecule has 3 N–H and O–H groups in total. The summed E-state index contributed by atoms with van der Waals surface area (Å²) in [6.45, 7) is 0. The third kappa shape index (κ3) is 3.42. The van der Waals surface area contributed by atoms with Crippen LogP contribution in [0.3, 0.4) is 0 Å². The van der Waals surface area contributed by atoms with Crippen molar-refractivity contribution in [1.82, 2.24) is 5.43 Å². The maximum Gasteiger partial charge on any atom is 0.0656 e. The summed E-state index contributed by atoms with van der Waals surface area (Å²) in [5.41, 5.74) is 4.35. The van der Waals surface area contributed by atoms with Crippen LogP contribution < -0.4 is 11.3 Å². The van der Waals surface area contributed by atoms with Crippen molar-refractivity contribution < 1.29 is 0 Å². The number of hydrazine groups is 1. The van der Waals surface area contributed by atoms with Gasteiger partial charge >= 0.3 is 0 Å². The molecular formula is C12H19IN2S. The summed E-state index contributed by atoms with van der Waals surface area (Å²) in [5, 5.41) is 2.23. The first-order valence-electron chi connectivity index (χ1n) is 5.99. The predicted octanol–water partition coefficient (Wildman–Crippen LogP) is 3.83. The minimum atomic E-state index is 0.350. The molecular weight excluding hydrogens is 331 g/mol. The Balaban J connectivity index is 1.94. The van der Waals surface area contributed by atoms with Crippen molar-refractivity contribution in [2.24, 2.45) is 11.8 Å². The average Bonchev–Trinajstić information content (AvgIpc) is 2.74. The molecule has 0 radical (unpaired) electrons. The normalized spacial score (nSPS) is 19.9. The van der Waals surface area contributed by atoms with E-state index in [9.17, 15) is 0 Å². The van der Waals surface area contributed by atoms with Crippen LogP contribution in [-0.2, 0) is 0 Å². The van der Waals surface area contributed by atoms with E-state index in [1.54, 1.807) is 11.3 Å². The molecule has 1 aliphatic rings. The van der Waals surface area contributed by atoms with Gasteiger partial charge in [0.1, 0.15) is 0 Å². The highest BCUT2D eigenvalue weighted by atomic mass is 127. The van der Waals surface area contributed by atoms with Crippen molar-refractivity contribution in [3.8, 4) is 0 Å². The zero-order chi connectivity index (χ0) is 11.4. The van der Waals surface area contributed by atoms with Gasteiger partial charge in [0.05, 0.1) is 2.88 Å². The van der Waals surface area contributed by atoms with Gasteiger partial charge in [-0.15, -0.1) is 11.3 Å². The van der Waals surface area contributed by atoms with E-state index in [1.165, 1.54) is 47.0 Å². The molecule has 1 saturated carbocycles. The van der Waals surface area contributed by atoms with Crippen LogP contribution in [0.2, 0.25) is 0 Å². The molecule has 0 bridgehead atoms. The van der Waals surface area contributed by atoms with Crippen LogP contribution >= 0.6 is 33.9 Å². The first-order chi connectivity index (χ1) is 7.79. The van der Waals surface area contributed by atoms with Crippen molar-refractivity contribution >= 4 is 33.9 Å². The number of thiophene rings is 1. The largest absolute Gasteiger partial charge is 0.271 e. The molecule has 0 amide bonds. The lowest BCUT2D eigenvalue weighted by molar-refractivity contribution is 0.301. The highest BCUT2D eigenvalue weighted by Crippen LogP contribution is 2.33. The van der Waals surface area contributed by atoms with Gasteiger partial charge in [0.15, 0.2) is 0 Å². The fourth-order valence-corrected chi connectivity index (χ4v) is 3.99. The lowest BCUT2D eigenvalue weighted by Gasteiger charge is -2.25. The second-order valence-electron chi connectivity index (χ2n) is 4.64. The van der Waals surface area contributed by atoms with Crippen LogP contribution in [-0.4, -0.2) is 0 Å². The fraction of sp³-hybridized carbons (Fsp3) is 0.667. The summed E-state index contributed by atoms with van der Waals surface area (Å²) in [7, 11) is 0. The number of hydrogen-bond donors (Lipinski definition) is 2. The van der Waals surface area contributed by atoms with E-state index in [2.05, 4.69) is 39.5 Å². The molecule has 1 fully saturated rings. The molecule has 0 aliphatic heterocycles. The third-order valence-electron chi connectivity index (χ3n) is 3.49. The first kappa shape index (κ1) is 12.8. The Bertz CT molecular complexity index is 321. The molecule has 1 aromatic rings. The van der Waals surface area contributed by atoms with Crippen LogP contribution in [0.15, 0.2) is 11.4 Å². The van der Waals surface area contributed by atoms with Gasteiger partial charge < -0.3 is 0 Å². The maximum absolute atomic E-state index is 5.68. The van der Waals surface area contributed by atoms with Crippen LogP contribution in [0.4, 0.5) is 0 Å². The Labute approximate surface area is 115 Å². The van der Waals surface area contributed by atoms with Gasteiger partial charge in [0.2, 0.25) is 0 Å². The van der Waals surface area contributed by atoms with E-state index in [4.69, 9.17) is 5.84 Å². The zero-order valence-corrected chi connectivity index (χ0v) is 12.4. The minimum Gasteiger partial charge on any atom is -0.271 e. The first-order valence-corrected chi connectivity index (χ1v) is 7.95. The van der Waals surface area contributed by atoms with E-state index in [0.717, 1.165) is 5.92 Å². The number of hydrogen-bond acceptors (Lipinski definition) is 3. The molecule has 2 nitrogen and oxygen atoms in total. The number of nitrogens with two attached hydrogens (primary N) is 1. The van der Waals surface area contributed by atoms with Gasteiger partial charge in [-0.25, -0.2) is 0 Å². The summed E-state index contributed by atoms with van der Waals surface area (Å²) >= 11 is 4.17. The zero-order valence-electron chi connectivity index (χ0n) is 9.42. The molecule has 4 heteroatoms. The number of rotatable bonds is 4. The Morgan fingerprint density at radius 1 is 1.44 bits per heavy atom. The molecule has 1 unspecified atom stereocenters. The second-order valence-corrected chi connectivity index (χ2v) is 7.45. The fourth-order valence-electron chi connectivity index (χ4n) is 2.56. The van der Waals surface area contributed by atoms with Crippen molar-refractivity contribution in [2.75, 3.05) is 0 Å². The summed E-state index contributed by atoms with van der Waals surface area (Å²) in [5.74, 6) is 6.55. The molecule has 0 aromatic carbocycles. The van der Waals surface area contributed by atoms with Gasteiger partial charge in [0, 0.05) is 6.04 Å². The van der Waals surface area contributed by atoms with Crippen LogP contribution in [0.1, 0.15) is 50.1 Å². The Hall–Kier alpha value is 0.350. The van der Waals surface area contributed by atoms with Gasteiger partial charge in [0.25, 0.3) is 0 Å². The Kier molecular flexibility index (Phi) is 5.06. The van der Waals surface area contributed by atoms with E-state index in [1.807, 2.05) is 0 Å². The molecule has 0 spiro atoms. The van der Waals surface area contributed by atoms with Crippen molar-refractivity contribution in [3.63, 3.8) is 0 Å². The summed E-state index contributed by atoms with van der Waals surface area (Å²) in [6.07, 6.45) is 8.21. The molecule has 2 rings (SSSR count). The van der Waals surface area contributed by atoms with Crippen LogP contribution in [0.25, 0.3) is 0 Å².